The van der Waals surface area contributed by atoms with Crippen LogP contribution in [0.15, 0.2) is 27.1 Å². The van der Waals surface area contributed by atoms with Crippen molar-refractivity contribution >= 4 is 37.6 Å². The van der Waals surface area contributed by atoms with Crippen molar-refractivity contribution in [2.24, 2.45) is 11.5 Å². The van der Waals surface area contributed by atoms with Gasteiger partial charge in [-0.2, -0.15) is 0 Å². The molecule has 0 spiro atoms. The molecule has 0 aliphatic carbocycles. The molecule has 1 aromatic rings. The molecule has 0 atom stereocenters. The van der Waals surface area contributed by atoms with Crippen LogP contribution in [-0.2, 0) is 4.79 Å². The molecule has 1 rings (SSSR count). The van der Waals surface area contributed by atoms with Gasteiger partial charge in [-0.05, 0) is 30.7 Å². The Balaban J connectivity index is 0. The second kappa shape index (κ2) is 12.2. The van der Waals surface area contributed by atoms with Gasteiger partial charge >= 0.3 is 0 Å². The fraction of sp³-hybridized carbons (Fsp3) is 0.417. The maximum Gasteiger partial charge on any atom is 0.159 e. The summed E-state index contributed by atoms with van der Waals surface area (Å²) in [6.45, 7) is 6.20. The predicted molar refractivity (Wildman–Crippen MR) is 81.0 cm³/mol. The van der Waals surface area contributed by atoms with Gasteiger partial charge in [0.2, 0.25) is 0 Å². The molecule has 1 aromatic carbocycles. The summed E-state index contributed by atoms with van der Waals surface area (Å²) in [6.07, 6.45) is 0. The van der Waals surface area contributed by atoms with Gasteiger partial charge in [0.25, 0.3) is 0 Å². The highest BCUT2D eigenvalue weighted by Crippen LogP contribution is 2.18. The van der Waals surface area contributed by atoms with E-state index >= 15 is 0 Å². The number of rotatable bonds is 2. The third kappa shape index (κ3) is 12.0. The van der Waals surface area contributed by atoms with E-state index in [4.69, 9.17) is 11.5 Å². The topological polar surface area (TPSA) is 69.1 Å². The zero-order chi connectivity index (χ0) is 13.8. The fourth-order valence-electron chi connectivity index (χ4n) is 0.775. The quantitative estimate of drug-likeness (QED) is 0.843. The summed E-state index contributed by atoms with van der Waals surface area (Å²) in [7, 11) is 0. The third-order valence-corrected chi connectivity index (χ3v) is 2.38. The average molecular weight is 368 g/mol. The van der Waals surface area contributed by atoms with Gasteiger partial charge in [-0.3, -0.25) is 4.79 Å². The number of carbonyl (C=O) groups is 1. The molecule has 0 saturated carbocycles. The van der Waals surface area contributed by atoms with Crippen LogP contribution in [-0.4, -0.2) is 18.9 Å². The lowest BCUT2D eigenvalue weighted by atomic mass is 10.2. The van der Waals surface area contributed by atoms with Crippen LogP contribution in [0.5, 0.6) is 0 Å². The van der Waals surface area contributed by atoms with Gasteiger partial charge in [-0.1, -0.05) is 45.7 Å². The van der Waals surface area contributed by atoms with Crippen molar-refractivity contribution in [3.05, 3.63) is 32.7 Å². The van der Waals surface area contributed by atoms with Crippen molar-refractivity contribution in [2.45, 2.75) is 20.8 Å². The van der Waals surface area contributed by atoms with E-state index in [9.17, 15) is 4.79 Å². The lowest BCUT2D eigenvalue weighted by Crippen LogP contribution is -2.22. The molecule has 0 fully saturated rings. The van der Waals surface area contributed by atoms with Gasteiger partial charge < -0.3 is 11.5 Å². The standard InChI is InChI=1S/C7H6Br2.C3H8N2O.C2H6/c1-5-2-6(8)4-7(9)3-5;4-1-3(6)2-5;1-2/h2-4H,1H3;1-2,4-5H2;1-2H3. The monoisotopic (exact) mass is 366 g/mol. The van der Waals surface area contributed by atoms with Crippen LogP contribution < -0.4 is 11.5 Å². The molecular weight excluding hydrogens is 348 g/mol. The summed E-state index contributed by atoms with van der Waals surface area (Å²) in [5, 5.41) is 0. The molecule has 0 heterocycles. The number of hydrogen-bond acceptors (Lipinski definition) is 3. The highest BCUT2D eigenvalue weighted by molar-refractivity contribution is 9.11. The first-order chi connectivity index (χ1) is 7.99. The first-order valence-electron chi connectivity index (χ1n) is 5.34. The summed E-state index contributed by atoms with van der Waals surface area (Å²) >= 11 is 6.77. The third-order valence-electron chi connectivity index (χ3n) is 1.46. The highest BCUT2D eigenvalue weighted by Gasteiger charge is 1.90. The second-order valence-electron chi connectivity index (χ2n) is 2.89. The Labute approximate surface area is 120 Å². The molecule has 0 radical (unpaired) electrons. The van der Waals surface area contributed by atoms with Gasteiger partial charge in [-0.25, -0.2) is 0 Å². The summed E-state index contributed by atoms with van der Waals surface area (Å²) in [5.74, 6) is -0.102. The van der Waals surface area contributed by atoms with E-state index in [-0.39, 0.29) is 18.9 Å². The molecule has 17 heavy (non-hydrogen) atoms. The van der Waals surface area contributed by atoms with Gasteiger partial charge in [0.05, 0.1) is 13.1 Å². The minimum Gasteiger partial charge on any atom is -0.324 e. The number of nitrogens with two attached hydrogens (primary N) is 2. The molecule has 0 bridgehead atoms. The van der Waals surface area contributed by atoms with Crippen molar-refractivity contribution < 1.29 is 4.79 Å². The first kappa shape index (κ1) is 19.1. The number of hydrogen-bond donors (Lipinski definition) is 2. The number of benzene rings is 1. The Morgan fingerprint density at radius 2 is 1.41 bits per heavy atom. The van der Waals surface area contributed by atoms with E-state index in [1.165, 1.54) is 5.56 Å². The smallest absolute Gasteiger partial charge is 0.159 e. The molecule has 0 amide bonds. The van der Waals surface area contributed by atoms with Crippen molar-refractivity contribution in [1.29, 1.82) is 0 Å². The molecule has 4 N–H and O–H groups in total. The number of ketones is 1. The number of carbonyl (C=O) groups excluding carboxylic acids is 1. The maximum atomic E-state index is 9.93. The van der Waals surface area contributed by atoms with Crippen molar-refractivity contribution in [3.63, 3.8) is 0 Å². The van der Waals surface area contributed by atoms with Crippen LogP contribution in [0, 0.1) is 6.92 Å². The summed E-state index contributed by atoms with van der Waals surface area (Å²) in [4.78, 5) is 9.93. The molecule has 98 valence electrons. The molecule has 0 aromatic heterocycles. The van der Waals surface area contributed by atoms with Crippen LogP contribution in [0.3, 0.4) is 0 Å². The first-order valence-corrected chi connectivity index (χ1v) is 6.92. The fourth-order valence-corrected chi connectivity index (χ4v) is 2.30. The Morgan fingerprint density at radius 3 is 1.59 bits per heavy atom. The van der Waals surface area contributed by atoms with Crippen LogP contribution in [0.1, 0.15) is 19.4 Å². The van der Waals surface area contributed by atoms with Crippen LogP contribution >= 0.6 is 31.9 Å². The molecule has 3 nitrogen and oxygen atoms in total. The average Bonchev–Trinajstić information content (AvgIpc) is 2.29. The maximum absolute atomic E-state index is 9.93. The number of aryl methyl sites for hydroxylation is 1. The van der Waals surface area contributed by atoms with Gasteiger partial charge in [0.15, 0.2) is 5.78 Å². The Kier molecular flexibility index (Phi) is 13.8. The largest absolute Gasteiger partial charge is 0.324 e. The lowest BCUT2D eigenvalue weighted by Gasteiger charge is -1.94. The molecule has 0 saturated heterocycles. The van der Waals surface area contributed by atoms with Gasteiger partial charge in [-0.15, -0.1) is 0 Å². The van der Waals surface area contributed by atoms with E-state index in [0.717, 1.165) is 8.95 Å². The van der Waals surface area contributed by atoms with Crippen molar-refractivity contribution in [1.82, 2.24) is 0 Å². The second-order valence-corrected chi connectivity index (χ2v) is 4.73. The van der Waals surface area contributed by atoms with Crippen LogP contribution in [0.4, 0.5) is 0 Å². The molecular formula is C12H20Br2N2O. The molecule has 0 aliphatic heterocycles. The Morgan fingerprint density at radius 1 is 1.06 bits per heavy atom. The van der Waals surface area contributed by atoms with E-state index in [2.05, 4.69) is 50.9 Å². The van der Waals surface area contributed by atoms with Crippen LogP contribution in [0.2, 0.25) is 0 Å². The Hall–Kier alpha value is -0.230. The van der Waals surface area contributed by atoms with E-state index < -0.39 is 0 Å². The summed E-state index contributed by atoms with van der Waals surface area (Å²) < 4.78 is 2.24. The predicted octanol–water partition coefficient (Wildman–Crippen LogP) is 3.02. The molecule has 5 heteroatoms. The zero-order valence-corrected chi connectivity index (χ0v) is 13.6. The minimum atomic E-state index is -0.102. The van der Waals surface area contributed by atoms with Crippen LogP contribution in [0.25, 0.3) is 0 Å². The van der Waals surface area contributed by atoms with Crippen molar-refractivity contribution in [2.75, 3.05) is 13.1 Å². The number of halogens is 2. The van der Waals surface area contributed by atoms with E-state index in [0.29, 0.717) is 0 Å². The van der Waals surface area contributed by atoms with Gasteiger partial charge in [0, 0.05) is 8.95 Å². The summed E-state index contributed by atoms with van der Waals surface area (Å²) in [6, 6.07) is 6.17. The summed E-state index contributed by atoms with van der Waals surface area (Å²) in [5.41, 5.74) is 11.0. The SMILES string of the molecule is CC.Cc1cc(Br)cc(Br)c1.NCC(=O)CN. The van der Waals surface area contributed by atoms with E-state index in [1.54, 1.807) is 0 Å². The van der Waals surface area contributed by atoms with E-state index in [1.807, 2.05) is 19.9 Å². The lowest BCUT2D eigenvalue weighted by molar-refractivity contribution is -0.116. The molecule has 0 aliphatic rings. The normalized spacial score (nSPS) is 8.41. The Bertz CT molecular complexity index is 274. The number of Topliss-reactive ketones (excluding diaryl/α,β-unsaturated/α-hetero) is 1. The van der Waals surface area contributed by atoms with Gasteiger partial charge in [0.1, 0.15) is 0 Å². The highest BCUT2D eigenvalue weighted by atomic mass is 79.9. The van der Waals surface area contributed by atoms with Crippen molar-refractivity contribution in [3.8, 4) is 0 Å². The zero-order valence-electron chi connectivity index (χ0n) is 10.5. The molecule has 0 unspecified atom stereocenters. The minimum absolute atomic E-state index is 0.0660.